The van der Waals surface area contributed by atoms with Crippen molar-refractivity contribution >= 4 is 35.6 Å². The van der Waals surface area contributed by atoms with Gasteiger partial charge in [0.25, 0.3) is 0 Å². The Balaban J connectivity index is 0.00000261. The van der Waals surface area contributed by atoms with Gasteiger partial charge in [-0.1, -0.05) is 0 Å². The van der Waals surface area contributed by atoms with Crippen LogP contribution in [0.5, 0.6) is 17.4 Å². The van der Waals surface area contributed by atoms with E-state index in [4.69, 9.17) is 15.2 Å². The van der Waals surface area contributed by atoms with Crippen molar-refractivity contribution < 1.29 is 23.0 Å². The molecule has 3 rings (SSSR count). The van der Waals surface area contributed by atoms with Gasteiger partial charge in [0.1, 0.15) is 0 Å². The molecule has 0 radical (unpaired) electrons. The third kappa shape index (κ3) is 6.38. The number of benzene rings is 1. The molecule has 0 aliphatic carbocycles. The third-order valence-electron chi connectivity index (χ3n) is 3.46. The van der Waals surface area contributed by atoms with Crippen molar-refractivity contribution in [2.24, 2.45) is 10.7 Å². The van der Waals surface area contributed by atoms with Crippen molar-refractivity contribution in [3.8, 4) is 17.4 Å². The van der Waals surface area contributed by atoms with Crippen molar-refractivity contribution in [1.82, 2.24) is 4.98 Å². The monoisotopic (exact) mass is 492 g/mol. The van der Waals surface area contributed by atoms with Gasteiger partial charge in [0.05, 0.1) is 19.8 Å². The summed E-state index contributed by atoms with van der Waals surface area (Å²) in [7, 11) is 0. The first-order valence-electron chi connectivity index (χ1n) is 7.96. The highest BCUT2D eigenvalue weighted by Gasteiger charge is 2.11. The number of nitrogens with zero attached hydrogens (tertiary/aromatic N) is 2. The summed E-state index contributed by atoms with van der Waals surface area (Å²) in [6, 6.07) is 8.41. The summed E-state index contributed by atoms with van der Waals surface area (Å²) in [5, 5.41) is 2.95. The minimum absolute atomic E-state index is 0. The minimum Gasteiger partial charge on any atom is -0.490 e. The van der Waals surface area contributed by atoms with Gasteiger partial charge in [-0.2, -0.15) is 8.78 Å². The number of halogens is 3. The zero-order valence-electron chi connectivity index (χ0n) is 14.2. The fraction of sp³-hybridized carbons (Fsp3) is 0.294. The molecule has 1 aromatic carbocycles. The number of alkyl halides is 2. The summed E-state index contributed by atoms with van der Waals surface area (Å²) >= 11 is 0. The van der Waals surface area contributed by atoms with E-state index in [9.17, 15) is 8.78 Å². The molecule has 2 heterocycles. The Labute approximate surface area is 171 Å². The maximum absolute atomic E-state index is 12.2. The fourth-order valence-electron chi connectivity index (χ4n) is 2.31. The minimum atomic E-state index is -2.92. The Morgan fingerprint density at radius 3 is 2.78 bits per heavy atom. The fourth-order valence-corrected chi connectivity index (χ4v) is 2.31. The first-order valence-corrected chi connectivity index (χ1v) is 7.96. The molecule has 0 spiro atoms. The van der Waals surface area contributed by atoms with Gasteiger partial charge in [-0.05, 0) is 23.8 Å². The van der Waals surface area contributed by atoms with E-state index in [0.29, 0.717) is 36.0 Å². The molecule has 0 unspecified atom stereocenters. The summed E-state index contributed by atoms with van der Waals surface area (Å²) in [6.07, 6.45) is 2.19. The van der Waals surface area contributed by atoms with Crippen LogP contribution in [0.4, 0.5) is 14.5 Å². The third-order valence-corrected chi connectivity index (χ3v) is 3.46. The smallest absolute Gasteiger partial charge is 0.388 e. The molecule has 0 amide bonds. The van der Waals surface area contributed by atoms with E-state index in [0.717, 1.165) is 6.42 Å². The molecule has 1 aliphatic rings. The largest absolute Gasteiger partial charge is 0.490 e. The molecule has 1 aromatic heterocycles. The predicted octanol–water partition coefficient (Wildman–Crippen LogP) is 3.39. The molecule has 10 heteroatoms. The zero-order valence-corrected chi connectivity index (χ0v) is 16.6. The summed E-state index contributed by atoms with van der Waals surface area (Å²) in [6.45, 7) is -1.53. The van der Waals surface area contributed by atoms with Crippen LogP contribution in [0.2, 0.25) is 0 Å². The highest BCUT2D eigenvalue weighted by Crippen LogP contribution is 2.32. The second kappa shape index (κ2) is 10.1. The van der Waals surface area contributed by atoms with Gasteiger partial charge in [-0.15, -0.1) is 24.0 Å². The van der Waals surface area contributed by atoms with E-state index >= 15 is 0 Å². The number of nitrogens with two attached hydrogens (primary N) is 1. The SMILES string of the molecule is I.NC(=NCc1ccnc(OC(F)F)c1)Nc1ccc2c(c1)OCCCO2. The Bertz CT molecular complexity index is 793. The van der Waals surface area contributed by atoms with E-state index in [2.05, 4.69) is 20.0 Å². The van der Waals surface area contributed by atoms with E-state index in [1.807, 2.05) is 0 Å². The number of anilines is 1. The number of hydrogen-bond donors (Lipinski definition) is 2. The van der Waals surface area contributed by atoms with Gasteiger partial charge in [0.2, 0.25) is 5.88 Å². The van der Waals surface area contributed by atoms with Gasteiger partial charge in [-0.3, -0.25) is 0 Å². The van der Waals surface area contributed by atoms with Crippen LogP contribution in [0.25, 0.3) is 0 Å². The van der Waals surface area contributed by atoms with Crippen LogP contribution in [-0.4, -0.2) is 30.8 Å². The average Bonchev–Trinajstić information content (AvgIpc) is 2.85. The summed E-state index contributed by atoms with van der Waals surface area (Å²) in [5.74, 6) is 1.34. The van der Waals surface area contributed by atoms with Gasteiger partial charge < -0.3 is 25.3 Å². The molecule has 0 saturated carbocycles. The topological polar surface area (TPSA) is 91.0 Å². The van der Waals surface area contributed by atoms with Gasteiger partial charge >= 0.3 is 6.61 Å². The van der Waals surface area contributed by atoms with Crippen molar-refractivity contribution in [2.45, 2.75) is 19.6 Å². The lowest BCUT2D eigenvalue weighted by Gasteiger charge is -2.11. The van der Waals surface area contributed by atoms with Crippen molar-refractivity contribution in [1.29, 1.82) is 0 Å². The number of aliphatic imine (C=N–C) groups is 1. The second-order valence-corrected chi connectivity index (χ2v) is 5.42. The quantitative estimate of drug-likeness (QED) is 0.378. The van der Waals surface area contributed by atoms with Crippen LogP contribution in [0.1, 0.15) is 12.0 Å². The van der Waals surface area contributed by atoms with Crippen LogP contribution in [-0.2, 0) is 6.54 Å². The highest BCUT2D eigenvalue weighted by molar-refractivity contribution is 14.0. The molecule has 27 heavy (non-hydrogen) atoms. The standard InChI is InChI=1S/C17H18F2N4O3.HI/c18-16(19)26-15-8-11(4-5-21-15)10-22-17(20)23-12-2-3-13-14(9-12)25-7-1-6-24-13;/h2-5,8-9,16H,1,6-7,10H2,(H3,20,22,23);1H. The Morgan fingerprint density at radius 2 is 2.00 bits per heavy atom. The predicted molar refractivity (Wildman–Crippen MR) is 107 cm³/mol. The van der Waals surface area contributed by atoms with Crippen LogP contribution in [0.15, 0.2) is 41.5 Å². The molecule has 0 atom stereocenters. The Morgan fingerprint density at radius 1 is 1.22 bits per heavy atom. The van der Waals surface area contributed by atoms with E-state index in [1.54, 1.807) is 24.3 Å². The molecular weight excluding hydrogens is 473 g/mol. The lowest BCUT2D eigenvalue weighted by atomic mass is 10.2. The number of rotatable bonds is 5. The Hall–Kier alpha value is -2.37. The second-order valence-electron chi connectivity index (χ2n) is 5.42. The number of guanidine groups is 1. The lowest BCUT2D eigenvalue weighted by Crippen LogP contribution is -2.22. The molecule has 1 aliphatic heterocycles. The maximum Gasteiger partial charge on any atom is 0.388 e. The number of hydrogen-bond acceptors (Lipinski definition) is 5. The van der Waals surface area contributed by atoms with E-state index < -0.39 is 6.61 Å². The normalized spacial score (nSPS) is 13.5. The number of ether oxygens (including phenoxy) is 3. The molecule has 3 N–H and O–H groups in total. The molecule has 0 bridgehead atoms. The summed E-state index contributed by atoms with van der Waals surface area (Å²) in [5.41, 5.74) is 7.22. The van der Waals surface area contributed by atoms with Gasteiger partial charge in [-0.25, -0.2) is 9.98 Å². The molecule has 2 aromatic rings. The first kappa shape index (κ1) is 20.9. The number of pyridine rings is 1. The molecular formula is C17H19F2IN4O3. The molecule has 0 saturated heterocycles. The van der Waals surface area contributed by atoms with E-state index in [-0.39, 0.29) is 42.4 Å². The Kier molecular flexibility index (Phi) is 7.82. The van der Waals surface area contributed by atoms with Crippen LogP contribution < -0.4 is 25.3 Å². The number of aromatic nitrogens is 1. The number of nitrogens with one attached hydrogen (secondary N) is 1. The molecule has 146 valence electrons. The number of fused-ring (bicyclic) bond motifs is 1. The molecule has 7 nitrogen and oxygen atoms in total. The van der Waals surface area contributed by atoms with Crippen molar-refractivity contribution in [3.63, 3.8) is 0 Å². The lowest BCUT2D eigenvalue weighted by molar-refractivity contribution is -0.0528. The molecule has 0 fully saturated rings. The summed E-state index contributed by atoms with van der Waals surface area (Å²) in [4.78, 5) is 7.88. The van der Waals surface area contributed by atoms with Crippen LogP contribution in [0, 0.1) is 0 Å². The van der Waals surface area contributed by atoms with Gasteiger partial charge in [0.15, 0.2) is 17.5 Å². The first-order chi connectivity index (χ1) is 12.6. The van der Waals surface area contributed by atoms with Crippen molar-refractivity contribution in [3.05, 3.63) is 42.1 Å². The van der Waals surface area contributed by atoms with Crippen molar-refractivity contribution in [2.75, 3.05) is 18.5 Å². The highest BCUT2D eigenvalue weighted by atomic mass is 127. The average molecular weight is 492 g/mol. The van der Waals surface area contributed by atoms with Crippen LogP contribution >= 0.6 is 24.0 Å². The van der Waals surface area contributed by atoms with Crippen LogP contribution in [0.3, 0.4) is 0 Å². The van der Waals surface area contributed by atoms with E-state index in [1.165, 1.54) is 12.3 Å². The summed E-state index contributed by atoms with van der Waals surface area (Å²) < 4.78 is 39.9. The van der Waals surface area contributed by atoms with Gasteiger partial charge in [0, 0.05) is 30.4 Å². The maximum atomic E-state index is 12.2. The zero-order chi connectivity index (χ0) is 18.4.